The summed E-state index contributed by atoms with van der Waals surface area (Å²) in [7, 11) is -2.17. The Morgan fingerprint density at radius 2 is 0.532 bits per heavy atom. The second kappa shape index (κ2) is 15.2. The predicted octanol–water partition coefficient (Wildman–Crippen LogP) is 9.56. The zero-order chi connectivity index (χ0) is 32.9. The number of hydrogen-bond donors (Lipinski definition) is 0. The molecule has 0 amide bonds. The monoisotopic (exact) mass is 666 g/mol. The third-order valence-electron chi connectivity index (χ3n) is 9.25. The molecule has 0 fully saturated rings. The van der Waals surface area contributed by atoms with Crippen molar-refractivity contribution >= 4 is 55.6 Å². The second-order valence-electron chi connectivity index (χ2n) is 12.6. The van der Waals surface area contributed by atoms with E-state index < -0.39 is 23.8 Å². The summed E-state index contributed by atoms with van der Waals surface area (Å²) in [5.41, 5.74) is 8.38. The van der Waals surface area contributed by atoms with Crippen molar-refractivity contribution in [3.05, 3.63) is 179 Å². The Balaban J connectivity index is 1.71. The van der Waals surface area contributed by atoms with Crippen LogP contribution in [0.25, 0.3) is 0 Å². The van der Waals surface area contributed by atoms with Gasteiger partial charge < -0.3 is 0 Å². The third kappa shape index (κ3) is 7.23. The fourth-order valence-corrected chi connectivity index (χ4v) is 18.6. The molecule has 0 unspecified atom stereocenters. The normalized spacial score (nSPS) is 11.6. The van der Waals surface area contributed by atoms with Crippen molar-refractivity contribution < 1.29 is 0 Å². The van der Waals surface area contributed by atoms with Gasteiger partial charge in [-0.05, 0) is 137 Å². The molecule has 0 aliphatic heterocycles. The predicted molar refractivity (Wildman–Crippen MR) is 214 cm³/mol. The van der Waals surface area contributed by atoms with Gasteiger partial charge >= 0.3 is 0 Å². The van der Waals surface area contributed by atoms with E-state index in [-0.39, 0.29) is 0 Å². The minimum atomic E-state index is -0.755. The number of aryl methyl sites for hydroxylation is 6. The molecule has 0 saturated carbocycles. The zero-order valence-corrected chi connectivity index (χ0v) is 31.2. The molecule has 0 saturated heterocycles. The molecule has 0 spiro atoms. The van der Waals surface area contributed by atoms with Crippen LogP contribution in [-0.4, -0.2) is 11.6 Å². The van der Waals surface area contributed by atoms with Crippen LogP contribution in [0.4, 0.5) is 0 Å². The van der Waals surface area contributed by atoms with Gasteiger partial charge in [-0.3, -0.25) is 0 Å². The Kier molecular flexibility index (Phi) is 10.9. The largest absolute Gasteiger partial charge is 0.0620 e. The Labute approximate surface area is 286 Å². The van der Waals surface area contributed by atoms with E-state index in [1.807, 2.05) is 0 Å². The molecule has 3 heteroatoms. The molecule has 6 aromatic rings. The van der Waals surface area contributed by atoms with Gasteiger partial charge in [0.25, 0.3) is 0 Å². The van der Waals surface area contributed by atoms with Crippen LogP contribution in [-0.2, 0) is 0 Å². The molecule has 0 aliphatic rings. The first kappa shape index (κ1) is 33.5. The summed E-state index contributed by atoms with van der Waals surface area (Å²) in [5.74, 6) is 0. The molecule has 0 atom stereocenters. The average Bonchev–Trinajstić information content (AvgIpc) is 3.07. The molecule has 236 valence electrons. The van der Waals surface area contributed by atoms with Crippen LogP contribution >= 0.6 is 23.8 Å². The van der Waals surface area contributed by atoms with Crippen molar-refractivity contribution in [3.8, 4) is 0 Å². The van der Waals surface area contributed by atoms with Crippen molar-refractivity contribution in [1.29, 1.82) is 0 Å². The van der Waals surface area contributed by atoms with Gasteiger partial charge in [0.05, 0.1) is 0 Å². The summed E-state index contributed by atoms with van der Waals surface area (Å²) in [6.45, 7) is 13.9. The van der Waals surface area contributed by atoms with Crippen LogP contribution < -0.4 is 31.8 Å². The van der Waals surface area contributed by atoms with E-state index in [9.17, 15) is 0 Å². The summed E-state index contributed by atoms with van der Waals surface area (Å²) >= 11 is 0. The smallest absolute Gasteiger partial charge is 0.0200 e. The van der Waals surface area contributed by atoms with E-state index in [2.05, 4.69) is 187 Å². The lowest BCUT2D eigenvalue weighted by molar-refractivity contribution is 1.36. The number of rotatable bonds is 10. The topological polar surface area (TPSA) is 0 Å². The van der Waals surface area contributed by atoms with E-state index >= 15 is 0 Å². The highest BCUT2D eigenvalue weighted by Crippen LogP contribution is 2.61. The summed E-state index contributed by atoms with van der Waals surface area (Å²) < 4.78 is 0. The van der Waals surface area contributed by atoms with Gasteiger partial charge in [-0.2, -0.15) is 0 Å². The van der Waals surface area contributed by atoms with E-state index in [0.29, 0.717) is 5.40 Å². The first-order chi connectivity index (χ1) is 22.8. The summed E-state index contributed by atoms with van der Waals surface area (Å²) in [6.07, 6.45) is 1.12. The molecular formula is C44H45P3. The Morgan fingerprint density at radius 3 is 0.766 bits per heavy atom. The van der Waals surface area contributed by atoms with Gasteiger partial charge in [-0.15, -0.1) is 0 Å². The van der Waals surface area contributed by atoms with E-state index in [1.165, 1.54) is 65.2 Å². The Hall–Kier alpha value is -3.39. The summed E-state index contributed by atoms with van der Waals surface area (Å²) in [4.78, 5) is 0. The van der Waals surface area contributed by atoms with Gasteiger partial charge in [-0.1, -0.05) is 146 Å². The van der Waals surface area contributed by atoms with Crippen LogP contribution in [0.2, 0.25) is 0 Å². The van der Waals surface area contributed by atoms with Crippen LogP contribution in [0.1, 0.15) is 33.4 Å². The van der Waals surface area contributed by atoms with E-state index in [4.69, 9.17) is 0 Å². The van der Waals surface area contributed by atoms with Gasteiger partial charge in [0, 0.05) is 5.40 Å². The summed E-state index contributed by atoms with van der Waals surface area (Å²) in [5, 5.41) is 9.48. The van der Waals surface area contributed by atoms with Gasteiger partial charge in [0.1, 0.15) is 0 Å². The minimum absolute atomic E-state index is 0.398. The van der Waals surface area contributed by atoms with Crippen molar-refractivity contribution in [1.82, 2.24) is 0 Å². The van der Waals surface area contributed by atoms with Crippen LogP contribution in [0.3, 0.4) is 0 Å². The molecule has 6 aromatic carbocycles. The van der Waals surface area contributed by atoms with Crippen molar-refractivity contribution in [2.75, 3.05) is 6.16 Å². The Bertz CT molecular complexity index is 1740. The molecule has 0 radical (unpaired) electrons. The highest BCUT2D eigenvalue weighted by atomic mass is 31.2. The van der Waals surface area contributed by atoms with Crippen molar-refractivity contribution in [3.63, 3.8) is 0 Å². The molecule has 0 aliphatic carbocycles. The maximum Gasteiger partial charge on any atom is 0.0200 e. The minimum Gasteiger partial charge on any atom is -0.0620 e. The number of hydrogen-bond acceptors (Lipinski definition) is 0. The molecule has 6 rings (SSSR count). The molecular weight excluding hydrogens is 621 g/mol. The maximum atomic E-state index is 2.44. The second-order valence-corrected chi connectivity index (χ2v) is 19.8. The molecule has 0 heterocycles. The molecule has 0 nitrogen and oxygen atoms in total. The quantitative estimate of drug-likeness (QED) is 0.128. The third-order valence-corrected chi connectivity index (χ3v) is 19.8. The molecule has 0 N–H and O–H groups in total. The first-order valence-electron chi connectivity index (χ1n) is 16.5. The lowest BCUT2D eigenvalue weighted by atomic mass is 10.2. The van der Waals surface area contributed by atoms with E-state index in [0.717, 1.165) is 6.16 Å². The van der Waals surface area contributed by atoms with Crippen LogP contribution in [0, 0.1) is 41.5 Å². The average molecular weight is 667 g/mol. The fourth-order valence-electron chi connectivity index (χ4n) is 6.74. The van der Waals surface area contributed by atoms with Crippen molar-refractivity contribution in [2.45, 2.75) is 46.9 Å². The van der Waals surface area contributed by atoms with Gasteiger partial charge in [0.15, 0.2) is 0 Å². The Morgan fingerprint density at radius 1 is 0.319 bits per heavy atom. The van der Waals surface area contributed by atoms with E-state index in [1.54, 1.807) is 0 Å². The fraction of sp³-hybridized carbons (Fsp3) is 0.182. The maximum absolute atomic E-state index is 2.44. The first-order valence-corrected chi connectivity index (χ1v) is 20.9. The zero-order valence-electron chi connectivity index (χ0n) is 28.5. The highest BCUT2D eigenvalue weighted by molar-refractivity contribution is 7.91. The molecule has 47 heavy (non-hydrogen) atoms. The van der Waals surface area contributed by atoms with Crippen LogP contribution in [0.15, 0.2) is 146 Å². The lowest BCUT2D eigenvalue weighted by Crippen LogP contribution is -2.34. The SMILES string of the molecule is Cc1ccccc1P(CC(P(c1ccccc1C)c1ccccc1C)P(c1ccccc1C)c1ccccc1C)c1ccccc1C. The number of benzene rings is 6. The molecule has 0 bridgehead atoms. The van der Waals surface area contributed by atoms with Gasteiger partial charge in [0.2, 0.25) is 0 Å². The van der Waals surface area contributed by atoms with Gasteiger partial charge in [-0.25, -0.2) is 0 Å². The highest BCUT2D eigenvalue weighted by Gasteiger charge is 2.38. The summed E-state index contributed by atoms with van der Waals surface area (Å²) in [6, 6.07) is 55.3. The standard InChI is InChI=1S/C44H45P3/c1-32-19-7-13-25-38(32)45(39-26-14-8-20-33(39)2)31-44(46(40-27-15-9-21-34(40)3)41-28-16-10-22-35(41)4)47(42-29-17-11-23-36(42)5)43-30-18-12-24-37(43)6/h7-30,44H,31H2,1-6H3. The molecule has 0 aromatic heterocycles. The van der Waals surface area contributed by atoms with Crippen molar-refractivity contribution in [2.24, 2.45) is 0 Å². The lowest BCUT2D eigenvalue weighted by Gasteiger charge is -2.40. The van der Waals surface area contributed by atoms with Crippen LogP contribution in [0.5, 0.6) is 0 Å².